The number of hydrogen-bond donors (Lipinski definition) is 2. The zero-order valence-corrected chi connectivity index (χ0v) is 16.3. The fraction of sp³-hybridized carbons (Fsp3) is 0.556. The molecule has 2 aliphatic heterocycles. The van der Waals surface area contributed by atoms with Crippen LogP contribution in [0.3, 0.4) is 0 Å². The maximum atomic E-state index is 12.9. The molecule has 2 N–H and O–H groups in total. The first-order valence-corrected chi connectivity index (χ1v) is 10.6. The van der Waals surface area contributed by atoms with Gasteiger partial charge in [0.05, 0.1) is 24.5 Å². The van der Waals surface area contributed by atoms with Crippen molar-refractivity contribution in [1.82, 2.24) is 9.62 Å². The van der Waals surface area contributed by atoms with Crippen molar-refractivity contribution in [2.75, 3.05) is 31.6 Å². The molecule has 1 atom stereocenters. The van der Waals surface area contributed by atoms with Gasteiger partial charge >= 0.3 is 0 Å². The predicted molar refractivity (Wildman–Crippen MR) is 99.7 cm³/mol. The Labute approximate surface area is 159 Å². The van der Waals surface area contributed by atoms with E-state index in [1.54, 1.807) is 11.0 Å². The Kier molecular flexibility index (Phi) is 5.83. The molecule has 148 valence electrons. The van der Waals surface area contributed by atoms with Crippen LogP contribution in [0.4, 0.5) is 5.69 Å². The minimum atomic E-state index is -3.90. The Morgan fingerprint density at radius 1 is 1.30 bits per heavy atom. The highest BCUT2D eigenvalue weighted by atomic mass is 32.2. The fourth-order valence-corrected chi connectivity index (χ4v) is 4.56. The number of carbonyl (C=O) groups excluding carboxylic acids is 2. The molecule has 0 aliphatic carbocycles. The summed E-state index contributed by atoms with van der Waals surface area (Å²) < 4.78 is 33.6. The lowest BCUT2D eigenvalue weighted by molar-refractivity contribution is -0.137. The quantitative estimate of drug-likeness (QED) is 0.739. The van der Waals surface area contributed by atoms with Crippen LogP contribution >= 0.6 is 0 Å². The molecule has 8 nitrogen and oxygen atoms in total. The van der Waals surface area contributed by atoms with E-state index in [1.165, 1.54) is 12.1 Å². The molecule has 1 saturated heterocycles. The van der Waals surface area contributed by atoms with E-state index in [2.05, 4.69) is 10.0 Å². The van der Waals surface area contributed by atoms with Crippen molar-refractivity contribution in [3.8, 4) is 0 Å². The first-order chi connectivity index (χ1) is 12.8. The van der Waals surface area contributed by atoms with Crippen molar-refractivity contribution in [1.29, 1.82) is 0 Å². The lowest BCUT2D eigenvalue weighted by atomic mass is 10.0. The van der Waals surface area contributed by atoms with Crippen LogP contribution in [0.25, 0.3) is 0 Å². The maximum absolute atomic E-state index is 12.9. The molecule has 3 rings (SSSR count). The largest absolute Gasteiger partial charge is 0.378 e. The highest BCUT2D eigenvalue weighted by Gasteiger charge is 2.31. The number of hydrogen-bond acceptors (Lipinski definition) is 5. The van der Waals surface area contributed by atoms with Gasteiger partial charge < -0.3 is 15.0 Å². The number of sulfonamides is 1. The molecule has 9 heteroatoms. The average Bonchev–Trinajstić information content (AvgIpc) is 3.00. The summed E-state index contributed by atoms with van der Waals surface area (Å²) in [6, 6.07) is 3.68. The van der Waals surface area contributed by atoms with Crippen molar-refractivity contribution >= 4 is 27.5 Å². The van der Waals surface area contributed by atoms with Crippen LogP contribution in [0.2, 0.25) is 0 Å². The molecule has 2 amide bonds. The third kappa shape index (κ3) is 4.66. The molecular weight excluding hydrogens is 370 g/mol. The number of anilines is 1. The third-order valence-electron chi connectivity index (χ3n) is 4.64. The molecule has 0 bridgehead atoms. The molecule has 2 heterocycles. The topological polar surface area (TPSA) is 105 Å². The van der Waals surface area contributed by atoms with Crippen LogP contribution in [0.1, 0.15) is 25.8 Å². The van der Waals surface area contributed by atoms with Gasteiger partial charge in [-0.2, -0.15) is 4.72 Å². The van der Waals surface area contributed by atoms with Crippen LogP contribution in [0.5, 0.6) is 0 Å². The maximum Gasteiger partial charge on any atom is 0.241 e. The molecule has 1 aromatic rings. The Morgan fingerprint density at radius 3 is 2.67 bits per heavy atom. The lowest BCUT2D eigenvalue weighted by Gasteiger charge is -2.31. The summed E-state index contributed by atoms with van der Waals surface area (Å²) in [5.74, 6) is -0.245. The van der Waals surface area contributed by atoms with Gasteiger partial charge in [-0.15, -0.1) is 0 Å². The van der Waals surface area contributed by atoms with Crippen molar-refractivity contribution in [2.45, 2.75) is 37.6 Å². The Hall–Kier alpha value is -1.97. The summed E-state index contributed by atoms with van der Waals surface area (Å²) in [7, 11) is -3.90. The fourth-order valence-electron chi connectivity index (χ4n) is 3.30. The summed E-state index contributed by atoms with van der Waals surface area (Å²) in [5.41, 5.74) is 1.27. The molecule has 0 radical (unpaired) electrons. The molecule has 27 heavy (non-hydrogen) atoms. The standard InChI is InChI=1S/C18H25N3O5S/c1-12(2)9-16(18(23)21-5-7-26-8-6-21)20-27(24,25)14-3-4-15-13(10-14)11-17(22)19-15/h3-4,10,12,16,20H,5-9,11H2,1-2H3,(H,19,22)/t16-/m1/s1. The van der Waals surface area contributed by atoms with Crippen LogP contribution < -0.4 is 10.0 Å². The van der Waals surface area contributed by atoms with E-state index in [4.69, 9.17) is 4.74 Å². The van der Waals surface area contributed by atoms with Gasteiger partial charge in [-0.05, 0) is 36.1 Å². The molecule has 0 unspecified atom stereocenters. The third-order valence-corrected chi connectivity index (χ3v) is 6.11. The second-order valence-electron chi connectivity index (χ2n) is 7.28. The normalized spacial score (nSPS) is 18.3. The zero-order chi connectivity index (χ0) is 19.6. The molecule has 0 spiro atoms. The molecule has 0 aromatic heterocycles. The minimum Gasteiger partial charge on any atom is -0.378 e. The van der Waals surface area contributed by atoms with Crippen LogP contribution in [0.15, 0.2) is 23.1 Å². The van der Waals surface area contributed by atoms with Gasteiger partial charge in [0.2, 0.25) is 21.8 Å². The van der Waals surface area contributed by atoms with E-state index in [0.717, 1.165) is 0 Å². The number of nitrogens with zero attached hydrogens (tertiary/aromatic N) is 1. The van der Waals surface area contributed by atoms with Crippen LogP contribution in [-0.2, 0) is 30.8 Å². The van der Waals surface area contributed by atoms with Gasteiger partial charge in [-0.1, -0.05) is 13.8 Å². The Bertz CT molecular complexity index is 831. The monoisotopic (exact) mass is 395 g/mol. The number of nitrogens with one attached hydrogen (secondary N) is 2. The second kappa shape index (κ2) is 7.95. The van der Waals surface area contributed by atoms with Gasteiger partial charge in [0.1, 0.15) is 6.04 Å². The summed E-state index contributed by atoms with van der Waals surface area (Å²) in [4.78, 5) is 26.0. The van der Waals surface area contributed by atoms with Crippen molar-refractivity contribution < 1.29 is 22.7 Å². The van der Waals surface area contributed by atoms with Crippen LogP contribution in [-0.4, -0.2) is 57.5 Å². The zero-order valence-electron chi connectivity index (χ0n) is 15.5. The van der Waals surface area contributed by atoms with E-state index in [1.807, 2.05) is 13.8 Å². The van der Waals surface area contributed by atoms with Gasteiger partial charge in [-0.25, -0.2) is 8.42 Å². The molecular formula is C18H25N3O5S. The summed E-state index contributed by atoms with van der Waals surface area (Å²) >= 11 is 0. The molecule has 1 aromatic carbocycles. The van der Waals surface area contributed by atoms with E-state index in [0.29, 0.717) is 44.0 Å². The number of benzene rings is 1. The smallest absolute Gasteiger partial charge is 0.241 e. The first-order valence-electron chi connectivity index (χ1n) is 9.08. The number of ether oxygens (including phenoxy) is 1. The molecule has 0 saturated carbocycles. The minimum absolute atomic E-state index is 0.0567. The molecule has 1 fully saturated rings. The van der Waals surface area contributed by atoms with E-state index in [9.17, 15) is 18.0 Å². The highest BCUT2D eigenvalue weighted by molar-refractivity contribution is 7.89. The first kappa shape index (κ1) is 19.8. The van der Waals surface area contributed by atoms with Gasteiger partial charge in [0.15, 0.2) is 0 Å². The van der Waals surface area contributed by atoms with E-state index in [-0.39, 0.29) is 29.0 Å². The Morgan fingerprint density at radius 2 is 2.00 bits per heavy atom. The number of fused-ring (bicyclic) bond motifs is 1. The number of carbonyl (C=O) groups is 2. The average molecular weight is 395 g/mol. The second-order valence-corrected chi connectivity index (χ2v) is 9.00. The summed E-state index contributed by atoms with van der Waals surface area (Å²) in [5, 5.41) is 2.68. The summed E-state index contributed by atoms with van der Waals surface area (Å²) in [6.07, 6.45) is 0.557. The van der Waals surface area contributed by atoms with Gasteiger partial charge in [0, 0.05) is 18.8 Å². The number of morpholine rings is 1. The van der Waals surface area contributed by atoms with E-state index < -0.39 is 16.1 Å². The Balaban J connectivity index is 1.80. The number of amides is 2. The predicted octanol–water partition coefficient (Wildman–Crippen LogP) is 0.733. The van der Waals surface area contributed by atoms with Gasteiger partial charge in [-0.3, -0.25) is 9.59 Å². The van der Waals surface area contributed by atoms with Crippen molar-refractivity contribution in [3.63, 3.8) is 0 Å². The lowest BCUT2D eigenvalue weighted by Crippen LogP contribution is -2.52. The highest BCUT2D eigenvalue weighted by Crippen LogP contribution is 2.26. The summed E-state index contributed by atoms with van der Waals surface area (Å²) in [6.45, 7) is 5.72. The van der Waals surface area contributed by atoms with Crippen molar-refractivity contribution in [2.24, 2.45) is 5.92 Å². The molecule has 2 aliphatic rings. The van der Waals surface area contributed by atoms with Gasteiger partial charge in [0.25, 0.3) is 0 Å². The van der Waals surface area contributed by atoms with E-state index >= 15 is 0 Å². The van der Waals surface area contributed by atoms with Crippen LogP contribution in [0, 0.1) is 5.92 Å². The van der Waals surface area contributed by atoms with Crippen molar-refractivity contribution in [3.05, 3.63) is 23.8 Å². The SMILES string of the molecule is CC(C)C[C@@H](NS(=O)(=O)c1ccc2c(c1)CC(=O)N2)C(=O)N1CCOCC1. The number of rotatable bonds is 6.